The van der Waals surface area contributed by atoms with Gasteiger partial charge in [-0.1, -0.05) is 37.3 Å². The minimum absolute atomic E-state index is 0.406. The molecular formula is C18H25N2O2S+. The van der Waals surface area contributed by atoms with Crippen LogP contribution >= 0.6 is 0 Å². The van der Waals surface area contributed by atoms with E-state index in [1.165, 1.54) is 4.90 Å². The summed E-state index contributed by atoms with van der Waals surface area (Å²) in [7, 11) is -3.39. The number of hydrogen-bond donors (Lipinski definition) is 1. The lowest BCUT2D eigenvalue weighted by atomic mass is 10.1. The maximum Gasteiger partial charge on any atom is 0.243 e. The molecule has 23 heavy (non-hydrogen) atoms. The molecule has 4 nitrogen and oxygen atoms in total. The van der Waals surface area contributed by atoms with Crippen LogP contribution in [-0.2, 0) is 10.0 Å². The van der Waals surface area contributed by atoms with Crippen molar-refractivity contribution in [1.82, 2.24) is 4.31 Å². The van der Waals surface area contributed by atoms with E-state index in [0.29, 0.717) is 24.0 Å². The standard InChI is InChI=1S/C18H24N2O2S/c1-3-15(2)19-10-12-20(13-11-19)23(21,22)18-9-8-16-6-4-5-7-17(16)14-18/h4-9,14-15H,3,10-13H2,1-2H3/p+1/t15-/m1/s1. The Morgan fingerprint density at radius 3 is 2.39 bits per heavy atom. The zero-order valence-electron chi connectivity index (χ0n) is 13.8. The van der Waals surface area contributed by atoms with Crippen LogP contribution in [0.25, 0.3) is 10.8 Å². The topological polar surface area (TPSA) is 41.8 Å². The van der Waals surface area contributed by atoms with Crippen LogP contribution in [0.5, 0.6) is 0 Å². The van der Waals surface area contributed by atoms with Crippen LogP contribution in [0, 0.1) is 0 Å². The van der Waals surface area contributed by atoms with Crippen molar-refractivity contribution in [1.29, 1.82) is 0 Å². The maximum atomic E-state index is 12.9. The van der Waals surface area contributed by atoms with Gasteiger partial charge in [0.05, 0.1) is 37.1 Å². The minimum atomic E-state index is -3.39. The molecule has 5 heteroatoms. The monoisotopic (exact) mass is 333 g/mol. The SMILES string of the molecule is CC[C@@H](C)[NH+]1CCN(S(=O)(=O)c2ccc3ccccc3c2)CC1. The quantitative estimate of drug-likeness (QED) is 0.922. The van der Waals surface area contributed by atoms with Gasteiger partial charge in [0, 0.05) is 0 Å². The molecule has 1 heterocycles. The summed E-state index contributed by atoms with van der Waals surface area (Å²) >= 11 is 0. The zero-order chi connectivity index (χ0) is 16.4. The fraction of sp³-hybridized carbons (Fsp3) is 0.444. The predicted molar refractivity (Wildman–Crippen MR) is 93.2 cm³/mol. The van der Waals surface area contributed by atoms with E-state index < -0.39 is 10.0 Å². The first-order valence-electron chi connectivity index (χ1n) is 8.36. The maximum absolute atomic E-state index is 12.9. The van der Waals surface area contributed by atoms with E-state index in [1.54, 1.807) is 16.4 Å². The molecule has 0 unspecified atom stereocenters. The summed E-state index contributed by atoms with van der Waals surface area (Å²) in [5.74, 6) is 0. The van der Waals surface area contributed by atoms with Gasteiger partial charge in [-0.15, -0.1) is 0 Å². The van der Waals surface area contributed by atoms with Crippen molar-refractivity contribution in [2.45, 2.75) is 31.2 Å². The number of nitrogens with one attached hydrogen (secondary N) is 1. The van der Waals surface area contributed by atoms with Gasteiger partial charge >= 0.3 is 0 Å². The summed E-state index contributed by atoms with van der Waals surface area (Å²) in [5.41, 5.74) is 0. The van der Waals surface area contributed by atoms with Gasteiger partial charge in [-0.05, 0) is 36.2 Å². The number of rotatable bonds is 4. The number of nitrogens with zero attached hydrogens (tertiary/aromatic N) is 1. The normalized spacial score (nSPS) is 19.0. The molecule has 1 fully saturated rings. The first-order valence-corrected chi connectivity index (χ1v) is 9.80. The Balaban J connectivity index is 1.81. The fourth-order valence-corrected chi connectivity index (χ4v) is 4.75. The summed E-state index contributed by atoms with van der Waals surface area (Å²) in [6.07, 6.45) is 1.13. The van der Waals surface area contributed by atoms with E-state index in [0.717, 1.165) is 30.3 Å². The third kappa shape index (κ3) is 3.27. The molecule has 2 aromatic rings. The Kier molecular flexibility index (Phi) is 4.71. The largest absolute Gasteiger partial charge is 0.331 e. The lowest BCUT2D eigenvalue weighted by Gasteiger charge is -2.34. The molecule has 1 aliphatic heterocycles. The highest BCUT2D eigenvalue weighted by molar-refractivity contribution is 7.89. The molecule has 3 rings (SSSR count). The molecule has 0 bridgehead atoms. The second-order valence-corrected chi connectivity index (χ2v) is 8.32. The Morgan fingerprint density at radius 1 is 1.09 bits per heavy atom. The number of hydrogen-bond acceptors (Lipinski definition) is 2. The van der Waals surface area contributed by atoms with Gasteiger partial charge in [0.15, 0.2) is 0 Å². The van der Waals surface area contributed by atoms with E-state index >= 15 is 0 Å². The highest BCUT2D eigenvalue weighted by Crippen LogP contribution is 2.21. The average Bonchev–Trinajstić information content (AvgIpc) is 2.60. The summed E-state index contributed by atoms with van der Waals surface area (Å²) < 4.78 is 27.4. The highest BCUT2D eigenvalue weighted by atomic mass is 32.2. The Labute approximate surface area is 138 Å². The van der Waals surface area contributed by atoms with Crippen LogP contribution in [0.4, 0.5) is 0 Å². The third-order valence-electron chi connectivity index (χ3n) is 5.03. The second-order valence-electron chi connectivity index (χ2n) is 6.38. The number of sulfonamides is 1. The second kappa shape index (κ2) is 6.59. The average molecular weight is 333 g/mol. The van der Waals surface area contributed by atoms with Crippen molar-refractivity contribution in [2.75, 3.05) is 26.2 Å². The van der Waals surface area contributed by atoms with Gasteiger partial charge in [-0.2, -0.15) is 4.31 Å². The molecule has 0 amide bonds. The van der Waals surface area contributed by atoms with Gasteiger partial charge in [-0.25, -0.2) is 8.42 Å². The molecule has 2 aromatic carbocycles. The van der Waals surface area contributed by atoms with Gasteiger partial charge in [-0.3, -0.25) is 0 Å². The van der Waals surface area contributed by atoms with Crippen LogP contribution in [0.1, 0.15) is 20.3 Å². The molecule has 0 aromatic heterocycles. The number of quaternary nitrogens is 1. The van der Waals surface area contributed by atoms with Crippen molar-refractivity contribution in [3.8, 4) is 0 Å². The lowest BCUT2D eigenvalue weighted by Crippen LogP contribution is -3.17. The van der Waals surface area contributed by atoms with Crippen molar-refractivity contribution in [3.05, 3.63) is 42.5 Å². The molecule has 1 atom stereocenters. The third-order valence-corrected chi connectivity index (χ3v) is 6.93. The van der Waals surface area contributed by atoms with Crippen molar-refractivity contribution >= 4 is 20.8 Å². The lowest BCUT2D eigenvalue weighted by molar-refractivity contribution is -0.927. The molecule has 1 aliphatic rings. The predicted octanol–water partition coefficient (Wildman–Crippen LogP) is 1.53. The van der Waals surface area contributed by atoms with Crippen LogP contribution < -0.4 is 4.90 Å². The summed E-state index contributed by atoms with van der Waals surface area (Å²) in [4.78, 5) is 1.92. The molecule has 124 valence electrons. The van der Waals surface area contributed by atoms with Gasteiger partial charge < -0.3 is 4.90 Å². The summed E-state index contributed by atoms with van der Waals surface area (Å²) in [6, 6.07) is 13.9. The molecule has 0 radical (unpaired) electrons. The Bertz CT molecular complexity index is 780. The molecule has 0 spiro atoms. The molecule has 0 aliphatic carbocycles. The Hall–Kier alpha value is -1.43. The number of fused-ring (bicyclic) bond motifs is 1. The molecule has 1 saturated heterocycles. The smallest absolute Gasteiger partial charge is 0.243 e. The van der Waals surface area contributed by atoms with E-state index in [-0.39, 0.29) is 0 Å². The van der Waals surface area contributed by atoms with Gasteiger partial charge in [0.1, 0.15) is 0 Å². The fourth-order valence-electron chi connectivity index (χ4n) is 3.27. The first kappa shape index (κ1) is 16.4. The molecule has 0 saturated carbocycles. The van der Waals surface area contributed by atoms with E-state index in [9.17, 15) is 8.42 Å². The highest BCUT2D eigenvalue weighted by Gasteiger charge is 2.31. The van der Waals surface area contributed by atoms with Gasteiger partial charge in [0.2, 0.25) is 10.0 Å². The van der Waals surface area contributed by atoms with Crippen LogP contribution in [-0.4, -0.2) is 44.9 Å². The molecule has 1 N–H and O–H groups in total. The Morgan fingerprint density at radius 2 is 1.74 bits per heavy atom. The van der Waals surface area contributed by atoms with Crippen LogP contribution in [0.2, 0.25) is 0 Å². The van der Waals surface area contributed by atoms with Crippen molar-refractivity contribution < 1.29 is 13.3 Å². The van der Waals surface area contributed by atoms with E-state index in [1.807, 2.05) is 30.3 Å². The number of piperazine rings is 1. The van der Waals surface area contributed by atoms with Crippen molar-refractivity contribution in [3.63, 3.8) is 0 Å². The van der Waals surface area contributed by atoms with E-state index in [4.69, 9.17) is 0 Å². The first-order chi connectivity index (χ1) is 11.0. The molecular weight excluding hydrogens is 308 g/mol. The van der Waals surface area contributed by atoms with Crippen LogP contribution in [0.15, 0.2) is 47.4 Å². The number of benzene rings is 2. The van der Waals surface area contributed by atoms with Crippen molar-refractivity contribution in [2.24, 2.45) is 0 Å². The van der Waals surface area contributed by atoms with Gasteiger partial charge in [0.25, 0.3) is 0 Å². The minimum Gasteiger partial charge on any atom is -0.331 e. The van der Waals surface area contributed by atoms with Crippen LogP contribution in [0.3, 0.4) is 0 Å². The van der Waals surface area contributed by atoms with E-state index in [2.05, 4.69) is 13.8 Å². The zero-order valence-corrected chi connectivity index (χ0v) is 14.6. The summed E-state index contributed by atoms with van der Waals surface area (Å²) in [6.45, 7) is 7.42. The summed E-state index contributed by atoms with van der Waals surface area (Å²) in [5, 5.41) is 2.04.